The Morgan fingerprint density at radius 1 is 1.08 bits per heavy atom. The Balaban J connectivity index is 1.66. The minimum absolute atomic E-state index is 0.0900. The molecule has 2 N–H and O–H groups in total. The predicted octanol–water partition coefficient (Wildman–Crippen LogP) is 2.39. The van der Waals surface area contributed by atoms with E-state index in [-0.39, 0.29) is 12.5 Å². The first kappa shape index (κ1) is 16.4. The van der Waals surface area contributed by atoms with E-state index in [2.05, 4.69) is 6.07 Å². The van der Waals surface area contributed by atoms with Crippen LogP contribution < -0.4 is 5.73 Å². The Kier molecular flexibility index (Phi) is 3.99. The SMILES string of the molecule is Cc1cc2ccccc2n1CC(=O)N1Cc2ccccc2C[C@@H]1C(N)=O. The van der Waals surface area contributed by atoms with E-state index >= 15 is 0 Å². The second kappa shape index (κ2) is 6.33. The van der Waals surface area contributed by atoms with Crippen molar-refractivity contribution < 1.29 is 9.59 Å². The number of hydrogen-bond acceptors (Lipinski definition) is 2. The first-order chi connectivity index (χ1) is 12.5. The van der Waals surface area contributed by atoms with Crippen LogP contribution in [0.3, 0.4) is 0 Å². The highest BCUT2D eigenvalue weighted by atomic mass is 16.2. The van der Waals surface area contributed by atoms with Crippen molar-refractivity contribution in [2.45, 2.75) is 32.5 Å². The lowest BCUT2D eigenvalue weighted by Crippen LogP contribution is -2.52. The van der Waals surface area contributed by atoms with Crippen LogP contribution in [-0.2, 0) is 29.1 Å². The zero-order valence-electron chi connectivity index (χ0n) is 14.7. The normalized spacial score (nSPS) is 16.5. The fourth-order valence-corrected chi connectivity index (χ4v) is 3.82. The average molecular weight is 347 g/mol. The summed E-state index contributed by atoms with van der Waals surface area (Å²) in [4.78, 5) is 26.7. The number of carbonyl (C=O) groups is 2. The maximum atomic E-state index is 13.1. The van der Waals surface area contributed by atoms with Crippen LogP contribution in [-0.4, -0.2) is 27.3 Å². The van der Waals surface area contributed by atoms with Gasteiger partial charge in [0.2, 0.25) is 11.8 Å². The van der Waals surface area contributed by atoms with Crippen molar-refractivity contribution in [1.29, 1.82) is 0 Å². The number of benzene rings is 2. The Bertz CT molecular complexity index is 1010. The van der Waals surface area contributed by atoms with Crippen molar-refractivity contribution in [3.05, 3.63) is 71.4 Å². The van der Waals surface area contributed by atoms with Gasteiger partial charge in [-0.1, -0.05) is 42.5 Å². The van der Waals surface area contributed by atoms with Crippen LogP contribution in [0, 0.1) is 6.92 Å². The third kappa shape index (κ3) is 2.75. The molecule has 0 saturated heterocycles. The lowest BCUT2D eigenvalue weighted by molar-refractivity contribution is -0.141. The molecule has 0 saturated carbocycles. The van der Waals surface area contributed by atoms with Crippen LogP contribution in [0.1, 0.15) is 16.8 Å². The summed E-state index contributed by atoms with van der Waals surface area (Å²) < 4.78 is 2.00. The first-order valence-corrected chi connectivity index (χ1v) is 8.75. The summed E-state index contributed by atoms with van der Waals surface area (Å²) in [6.07, 6.45) is 0.475. The van der Waals surface area contributed by atoms with Crippen molar-refractivity contribution in [2.75, 3.05) is 0 Å². The van der Waals surface area contributed by atoms with E-state index in [1.54, 1.807) is 4.90 Å². The average Bonchev–Trinajstić information content (AvgIpc) is 2.96. The second-order valence-corrected chi connectivity index (χ2v) is 6.84. The highest BCUT2D eigenvalue weighted by Gasteiger charge is 2.33. The fraction of sp³-hybridized carbons (Fsp3) is 0.238. The Morgan fingerprint density at radius 3 is 2.54 bits per heavy atom. The fourth-order valence-electron chi connectivity index (χ4n) is 3.82. The molecule has 1 aromatic heterocycles. The van der Waals surface area contributed by atoms with Crippen molar-refractivity contribution in [3.63, 3.8) is 0 Å². The molecule has 1 aliphatic rings. The van der Waals surface area contributed by atoms with Gasteiger partial charge < -0.3 is 15.2 Å². The second-order valence-electron chi connectivity index (χ2n) is 6.84. The number of para-hydroxylation sites is 1. The molecule has 0 radical (unpaired) electrons. The van der Waals surface area contributed by atoms with Gasteiger partial charge in [0.15, 0.2) is 0 Å². The molecule has 26 heavy (non-hydrogen) atoms. The number of hydrogen-bond donors (Lipinski definition) is 1. The number of rotatable bonds is 3. The minimum Gasteiger partial charge on any atom is -0.368 e. The van der Waals surface area contributed by atoms with Gasteiger partial charge in [-0.2, -0.15) is 0 Å². The van der Waals surface area contributed by atoms with E-state index in [0.29, 0.717) is 13.0 Å². The van der Waals surface area contributed by atoms with Gasteiger partial charge in [0.1, 0.15) is 12.6 Å². The maximum Gasteiger partial charge on any atom is 0.243 e. The topological polar surface area (TPSA) is 68.3 Å². The summed E-state index contributed by atoms with van der Waals surface area (Å²) in [5.41, 5.74) is 9.81. The van der Waals surface area contributed by atoms with Gasteiger partial charge in [-0.15, -0.1) is 0 Å². The van der Waals surface area contributed by atoms with Crippen molar-refractivity contribution >= 4 is 22.7 Å². The third-order valence-electron chi connectivity index (χ3n) is 5.21. The number of amides is 2. The van der Waals surface area contributed by atoms with Gasteiger partial charge >= 0.3 is 0 Å². The van der Waals surface area contributed by atoms with Crippen LogP contribution in [0.25, 0.3) is 10.9 Å². The maximum absolute atomic E-state index is 13.1. The molecule has 3 aromatic rings. The predicted molar refractivity (Wildman–Crippen MR) is 100 cm³/mol. The van der Waals surface area contributed by atoms with Gasteiger partial charge in [0.25, 0.3) is 0 Å². The largest absolute Gasteiger partial charge is 0.368 e. The molecule has 2 amide bonds. The molecule has 5 heteroatoms. The van der Waals surface area contributed by atoms with Gasteiger partial charge in [0, 0.05) is 24.2 Å². The molecule has 132 valence electrons. The standard InChI is InChI=1S/C21H21N3O2/c1-14-10-16-7-4-5-9-18(16)23(14)13-20(25)24-12-17-8-3-2-6-15(17)11-19(24)21(22)26/h2-10,19H,11-13H2,1H3,(H2,22,26)/t19-/m1/s1. The first-order valence-electron chi connectivity index (χ1n) is 8.75. The summed E-state index contributed by atoms with van der Waals surface area (Å²) in [5.74, 6) is -0.547. The molecule has 4 rings (SSSR count). The highest BCUT2D eigenvalue weighted by Crippen LogP contribution is 2.25. The minimum atomic E-state index is -0.598. The number of aryl methyl sites for hydroxylation is 1. The highest BCUT2D eigenvalue weighted by molar-refractivity contribution is 5.89. The summed E-state index contributed by atoms with van der Waals surface area (Å²) in [6.45, 7) is 2.61. The molecule has 0 unspecified atom stereocenters. The number of nitrogens with zero attached hydrogens (tertiary/aromatic N) is 2. The molecule has 0 fully saturated rings. The van der Waals surface area contributed by atoms with E-state index in [9.17, 15) is 9.59 Å². The molecule has 1 atom stereocenters. The quantitative estimate of drug-likeness (QED) is 0.790. The smallest absolute Gasteiger partial charge is 0.243 e. The summed E-state index contributed by atoms with van der Waals surface area (Å²) >= 11 is 0. The van der Waals surface area contributed by atoms with Gasteiger partial charge in [-0.25, -0.2) is 0 Å². The van der Waals surface area contributed by atoms with E-state index < -0.39 is 11.9 Å². The van der Waals surface area contributed by atoms with Crippen LogP contribution >= 0.6 is 0 Å². The molecule has 0 spiro atoms. The van der Waals surface area contributed by atoms with E-state index in [1.165, 1.54) is 0 Å². The molecule has 5 nitrogen and oxygen atoms in total. The summed E-state index contributed by atoms with van der Waals surface area (Å²) in [7, 11) is 0. The zero-order valence-corrected chi connectivity index (χ0v) is 14.7. The molecule has 0 bridgehead atoms. The Labute approximate surface area is 152 Å². The van der Waals surface area contributed by atoms with Crippen molar-refractivity contribution in [1.82, 2.24) is 9.47 Å². The van der Waals surface area contributed by atoms with Gasteiger partial charge in [-0.3, -0.25) is 9.59 Å². The van der Waals surface area contributed by atoms with Crippen LogP contribution in [0.2, 0.25) is 0 Å². The monoisotopic (exact) mass is 347 g/mol. The number of carbonyl (C=O) groups excluding carboxylic acids is 2. The number of primary amides is 1. The number of fused-ring (bicyclic) bond motifs is 2. The molecule has 2 aromatic carbocycles. The van der Waals surface area contributed by atoms with Crippen LogP contribution in [0.5, 0.6) is 0 Å². The summed E-state index contributed by atoms with van der Waals surface area (Å²) in [5, 5.41) is 1.10. The molecule has 2 heterocycles. The molecular weight excluding hydrogens is 326 g/mol. The lowest BCUT2D eigenvalue weighted by atomic mass is 9.93. The number of nitrogens with two attached hydrogens (primary N) is 1. The lowest BCUT2D eigenvalue weighted by Gasteiger charge is -2.35. The van der Waals surface area contributed by atoms with Gasteiger partial charge in [-0.05, 0) is 35.6 Å². The third-order valence-corrected chi connectivity index (χ3v) is 5.21. The number of aromatic nitrogens is 1. The van der Waals surface area contributed by atoms with E-state index in [0.717, 1.165) is 27.7 Å². The Hall–Kier alpha value is -3.08. The van der Waals surface area contributed by atoms with E-state index in [4.69, 9.17) is 5.73 Å². The zero-order chi connectivity index (χ0) is 18.3. The van der Waals surface area contributed by atoms with Crippen molar-refractivity contribution in [2.24, 2.45) is 5.73 Å². The Morgan fingerprint density at radius 2 is 1.77 bits per heavy atom. The molecule has 1 aliphatic heterocycles. The van der Waals surface area contributed by atoms with Gasteiger partial charge in [0.05, 0.1) is 0 Å². The van der Waals surface area contributed by atoms with Crippen molar-refractivity contribution in [3.8, 4) is 0 Å². The van der Waals surface area contributed by atoms with Crippen LogP contribution in [0.4, 0.5) is 0 Å². The van der Waals surface area contributed by atoms with Crippen LogP contribution in [0.15, 0.2) is 54.6 Å². The summed E-state index contributed by atoms with van der Waals surface area (Å²) in [6, 6.07) is 17.4. The van der Waals surface area contributed by atoms with E-state index in [1.807, 2.05) is 60.0 Å². The molecule has 0 aliphatic carbocycles. The molecular formula is C21H21N3O2.